The van der Waals surface area contributed by atoms with Gasteiger partial charge >= 0.3 is 0 Å². The molecule has 0 N–H and O–H groups in total. The van der Waals surface area contributed by atoms with Crippen molar-refractivity contribution in [2.75, 3.05) is 0 Å². The predicted molar refractivity (Wildman–Crippen MR) is 54.2 cm³/mol. The molecule has 140 valence electrons. The number of ether oxygens (including phenoxy) is 15. The fourth-order valence-corrected chi connectivity index (χ4v) is 2.32. The second-order valence-electron chi connectivity index (χ2n) is 4.93. The quantitative estimate of drug-likeness (QED) is 0.471. The van der Waals surface area contributed by atoms with Crippen molar-refractivity contribution in [3.63, 3.8) is 0 Å². The summed E-state index contributed by atoms with van der Waals surface area (Å²) in [6, 6.07) is 0. The van der Waals surface area contributed by atoms with Gasteiger partial charge in [-0.3, -0.25) is 71.1 Å². The topological polar surface area (TPSA) is 138 Å². The van der Waals surface area contributed by atoms with E-state index in [1.807, 2.05) is 0 Å². The molecule has 0 aromatic carbocycles. The number of fused-ring (bicyclic) bond motifs is 10. The third kappa shape index (κ3) is 3.04. The minimum Gasteiger partial charge on any atom is -0.274 e. The summed E-state index contributed by atoms with van der Waals surface area (Å²) in [5, 5.41) is 0. The summed E-state index contributed by atoms with van der Waals surface area (Å²) in [7, 11) is 0. The summed E-state index contributed by atoms with van der Waals surface area (Å²) in [4.78, 5) is 0. The van der Waals surface area contributed by atoms with Gasteiger partial charge in [0, 0.05) is 0 Å². The van der Waals surface area contributed by atoms with Crippen LogP contribution in [-0.4, -0.2) is 64.8 Å². The standard InChI is InChI=1S/C10H10O15/c11-1-16-3-12-5-18-2(11)19-6-13-4(17-1)21-8-15-10(23-6)25-9(22-5)14-7(20-3)24-8/h1-10H. The van der Waals surface area contributed by atoms with E-state index in [0.29, 0.717) is 0 Å². The van der Waals surface area contributed by atoms with Gasteiger partial charge in [0.2, 0.25) is 0 Å². The van der Waals surface area contributed by atoms with Crippen molar-refractivity contribution in [3.05, 3.63) is 0 Å². The average molecular weight is 370 g/mol. The van der Waals surface area contributed by atoms with Gasteiger partial charge in [-0.25, -0.2) is 0 Å². The molecule has 0 aliphatic carbocycles. The van der Waals surface area contributed by atoms with Gasteiger partial charge in [-0.05, 0) is 0 Å². The van der Waals surface area contributed by atoms with Crippen LogP contribution in [0, 0.1) is 0 Å². The van der Waals surface area contributed by atoms with Gasteiger partial charge in [-0.2, -0.15) is 0 Å². The van der Waals surface area contributed by atoms with Crippen LogP contribution in [0.4, 0.5) is 0 Å². The van der Waals surface area contributed by atoms with Crippen LogP contribution in [0.2, 0.25) is 0 Å². The van der Waals surface area contributed by atoms with E-state index in [-0.39, 0.29) is 0 Å². The Balaban J connectivity index is 1.45. The molecule has 0 aromatic heterocycles. The van der Waals surface area contributed by atoms with Crippen molar-refractivity contribution in [3.8, 4) is 0 Å². The molecule has 0 saturated carbocycles. The van der Waals surface area contributed by atoms with Crippen molar-refractivity contribution >= 4 is 0 Å². The maximum absolute atomic E-state index is 5.37. The Labute approximate surface area is 137 Å². The third-order valence-electron chi connectivity index (χ3n) is 3.33. The minimum atomic E-state index is -1.44. The molecule has 5 heterocycles. The molecule has 5 saturated heterocycles. The molecule has 15 heteroatoms. The second kappa shape index (κ2) is 5.96. The first kappa shape index (κ1) is 15.5. The first-order valence-corrected chi connectivity index (χ1v) is 7.07. The Hall–Kier alpha value is -0.600. The molecule has 0 amide bonds. The van der Waals surface area contributed by atoms with Gasteiger partial charge < -0.3 is 0 Å². The van der Waals surface area contributed by atoms with Gasteiger partial charge in [0.15, 0.2) is 0 Å². The molecule has 0 atom stereocenters. The van der Waals surface area contributed by atoms with E-state index in [2.05, 4.69) is 0 Å². The SMILES string of the molecule is O1C2OC3OC4OC1OC1OC(O2)OC2OC(O1)OC(OC(O3)O2)O4. The first-order chi connectivity index (χ1) is 12.2. The van der Waals surface area contributed by atoms with Crippen LogP contribution >= 0.6 is 0 Å². The molecule has 15 nitrogen and oxygen atoms in total. The van der Waals surface area contributed by atoms with E-state index in [9.17, 15) is 0 Å². The van der Waals surface area contributed by atoms with Crippen LogP contribution in [0.1, 0.15) is 0 Å². The molecule has 0 radical (unpaired) electrons. The first-order valence-electron chi connectivity index (χ1n) is 7.07. The molecule has 0 aromatic rings. The van der Waals surface area contributed by atoms with Crippen molar-refractivity contribution in [1.82, 2.24) is 0 Å². The molecule has 5 aliphatic heterocycles. The summed E-state index contributed by atoms with van der Waals surface area (Å²) in [5.74, 6) is 0. The smallest absolute Gasteiger partial charge is 0.274 e. The third-order valence-corrected chi connectivity index (χ3v) is 3.33. The molecular weight excluding hydrogens is 360 g/mol. The number of rotatable bonds is 0. The van der Waals surface area contributed by atoms with Gasteiger partial charge in [-0.1, -0.05) is 0 Å². The number of hydrogen-bond donors (Lipinski definition) is 0. The van der Waals surface area contributed by atoms with Crippen molar-refractivity contribution in [2.24, 2.45) is 0 Å². The summed E-state index contributed by atoms with van der Waals surface area (Å²) >= 11 is 0. The summed E-state index contributed by atoms with van der Waals surface area (Å²) in [6.07, 6.45) is 0. The molecule has 0 unspecified atom stereocenters. The lowest BCUT2D eigenvalue weighted by Gasteiger charge is -2.46. The largest absolute Gasteiger partial charge is 0.283 e. The van der Waals surface area contributed by atoms with Gasteiger partial charge in [0.25, 0.3) is 64.8 Å². The molecule has 10 bridgehead atoms. The van der Waals surface area contributed by atoms with E-state index < -0.39 is 64.8 Å². The fourth-order valence-electron chi connectivity index (χ4n) is 2.32. The highest BCUT2D eigenvalue weighted by Gasteiger charge is 2.49. The van der Waals surface area contributed by atoms with Crippen LogP contribution in [-0.2, 0) is 71.1 Å². The molecule has 25 heavy (non-hydrogen) atoms. The van der Waals surface area contributed by atoms with Crippen molar-refractivity contribution in [1.29, 1.82) is 0 Å². The predicted octanol–water partition coefficient (Wildman–Crippen LogP) is -1.85. The highest BCUT2D eigenvalue weighted by atomic mass is 17.2. The average Bonchev–Trinajstić information content (AvgIpc) is 2.46. The van der Waals surface area contributed by atoms with Crippen molar-refractivity contribution in [2.45, 2.75) is 64.8 Å². The lowest BCUT2D eigenvalue weighted by atomic mass is 10.8. The second-order valence-corrected chi connectivity index (χ2v) is 4.93. The highest BCUT2D eigenvalue weighted by molar-refractivity contribution is 4.51. The van der Waals surface area contributed by atoms with Crippen LogP contribution in [0.5, 0.6) is 0 Å². The Morgan fingerprint density at radius 2 is 0.240 bits per heavy atom. The van der Waals surface area contributed by atoms with Gasteiger partial charge in [0.05, 0.1) is 0 Å². The zero-order valence-electron chi connectivity index (χ0n) is 11.9. The minimum absolute atomic E-state index is 1.44. The molecular formula is C10H10O15. The maximum atomic E-state index is 5.37. The van der Waals surface area contributed by atoms with E-state index in [0.717, 1.165) is 0 Å². The Morgan fingerprint density at radius 3 is 0.320 bits per heavy atom. The fraction of sp³-hybridized carbons (Fsp3) is 1.00. The van der Waals surface area contributed by atoms with Crippen molar-refractivity contribution < 1.29 is 71.1 Å². The molecule has 5 rings (SSSR count). The van der Waals surface area contributed by atoms with Gasteiger partial charge in [-0.15, -0.1) is 0 Å². The monoisotopic (exact) mass is 370 g/mol. The van der Waals surface area contributed by atoms with E-state index in [1.54, 1.807) is 0 Å². The van der Waals surface area contributed by atoms with E-state index in [1.165, 1.54) is 0 Å². The van der Waals surface area contributed by atoms with E-state index >= 15 is 0 Å². The summed E-state index contributed by atoms with van der Waals surface area (Å²) < 4.78 is 80.2. The van der Waals surface area contributed by atoms with E-state index in [4.69, 9.17) is 71.1 Å². The summed E-state index contributed by atoms with van der Waals surface area (Å²) in [6.45, 7) is -14.4. The highest BCUT2D eigenvalue weighted by Crippen LogP contribution is 2.34. The number of hydrogen-bond acceptors (Lipinski definition) is 15. The zero-order valence-corrected chi connectivity index (χ0v) is 11.9. The van der Waals surface area contributed by atoms with Gasteiger partial charge in [0.1, 0.15) is 0 Å². The lowest BCUT2D eigenvalue weighted by Crippen LogP contribution is -2.59. The van der Waals surface area contributed by atoms with Crippen LogP contribution in [0.15, 0.2) is 0 Å². The van der Waals surface area contributed by atoms with Crippen LogP contribution in [0.3, 0.4) is 0 Å². The zero-order chi connectivity index (χ0) is 16.4. The Morgan fingerprint density at radius 1 is 0.160 bits per heavy atom. The normalized spacial score (nSPS) is 57.6. The lowest BCUT2D eigenvalue weighted by molar-refractivity contribution is -0.673. The maximum Gasteiger partial charge on any atom is 0.283 e. The van der Waals surface area contributed by atoms with Crippen LogP contribution < -0.4 is 0 Å². The molecule has 5 fully saturated rings. The molecule has 5 aliphatic rings. The Bertz CT molecular complexity index is 354. The summed E-state index contributed by atoms with van der Waals surface area (Å²) in [5.41, 5.74) is 0. The molecule has 0 spiro atoms. The van der Waals surface area contributed by atoms with Crippen LogP contribution in [0.25, 0.3) is 0 Å². The Kier molecular flexibility index (Phi) is 3.68.